The zero-order valence-electron chi connectivity index (χ0n) is 9.77. The molecular formula is C10H19N3O3. The van der Waals surface area contributed by atoms with Gasteiger partial charge in [-0.05, 0) is 13.8 Å². The van der Waals surface area contributed by atoms with Crippen LogP contribution in [0.15, 0.2) is 0 Å². The highest BCUT2D eigenvalue weighted by Gasteiger charge is 2.30. The lowest BCUT2D eigenvalue weighted by molar-refractivity contribution is -0.140. The van der Waals surface area contributed by atoms with Crippen LogP contribution in [0.3, 0.4) is 0 Å². The minimum absolute atomic E-state index is 0.0358. The van der Waals surface area contributed by atoms with Crippen LogP contribution in [0, 0.1) is 0 Å². The Hall–Kier alpha value is -1.14. The van der Waals surface area contributed by atoms with Crippen molar-refractivity contribution in [2.45, 2.75) is 19.4 Å². The van der Waals surface area contributed by atoms with Crippen molar-refractivity contribution in [1.29, 1.82) is 0 Å². The first kappa shape index (κ1) is 12.9. The lowest BCUT2D eigenvalue weighted by atomic mass is 10.0. The molecule has 0 saturated carbocycles. The lowest BCUT2D eigenvalue weighted by Crippen LogP contribution is -2.57. The number of carboxylic acid groups (broad SMARTS) is 1. The van der Waals surface area contributed by atoms with Gasteiger partial charge in [0.1, 0.15) is 0 Å². The zero-order chi connectivity index (χ0) is 12.3. The van der Waals surface area contributed by atoms with E-state index in [2.05, 4.69) is 0 Å². The van der Waals surface area contributed by atoms with E-state index in [0.29, 0.717) is 26.2 Å². The average molecular weight is 229 g/mol. The van der Waals surface area contributed by atoms with Gasteiger partial charge in [0.2, 0.25) is 5.91 Å². The highest BCUT2D eigenvalue weighted by Crippen LogP contribution is 2.08. The molecule has 1 aliphatic rings. The third-order valence-electron chi connectivity index (χ3n) is 2.57. The van der Waals surface area contributed by atoms with Crippen molar-refractivity contribution in [2.75, 3.05) is 32.7 Å². The zero-order valence-corrected chi connectivity index (χ0v) is 9.77. The van der Waals surface area contributed by atoms with Gasteiger partial charge in [0.25, 0.3) is 0 Å². The first-order valence-electron chi connectivity index (χ1n) is 5.33. The second-order valence-electron chi connectivity index (χ2n) is 4.68. The van der Waals surface area contributed by atoms with E-state index in [1.54, 1.807) is 18.7 Å². The van der Waals surface area contributed by atoms with E-state index in [9.17, 15) is 9.59 Å². The van der Waals surface area contributed by atoms with Crippen molar-refractivity contribution in [3.8, 4) is 0 Å². The number of amides is 1. The Balaban J connectivity index is 2.43. The van der Waals surface area contributed by atoms with Crippen LogP contribution in [0.1, 0.15) is 13.8 Å². The number of nitrogens with two attached hydrogens (primary N) is 1. The van der Waals surface area contributed by atoms with Crippen molar-refractivity contribution in [2.24, 2.45) is 5.73 Å². The van der Waals surface area contributed by atoms with Crippen LogP contribution in [0.4, 0.5) is 0 Å². The van der Waals surface area contributed by atoms with Crippen molar-refractivity contribution < 1.29 is 14.7 Å². The van der Waals surface area contributed by atoms with Gasteiger partial charge in [0.15, 0.2) is 0 Å². The smallest absolute Gasteiger partial charge is 0.317 e. The van der Waals surface area contributed by atoms with Gasteiger partial charge in [0, 0.05) is 26.2 Å². The van der Waals surface area contributed by atoms with Crippen LogP contribution >= 0.6 is 0 Å². The number of hydrogen-bond acceptors (Lipinski definition) is 4. The Morgan fingerprint density at radius 2 is 1.75 bits per heavy atom. The summed E-state index contributed by atoms with van der Waals surface area (Å²) in [5.74, 6) is -0.915. The Kier molecular flexibility index (Phi) is 3.88. The summed E-state index contributed by atoms with van der Waals surface area (Å²) in [6.07, 6.45) is 0. The highest BCUT2D eigenvalue weighted by atomic mass is 16.4. The maximum absolute atomic E-state index is 11.8. The van der Waals surface area contributed by atoms with Crippen LogP contribution in [0.5, 0.6) is 0 Å². The third kappa shape index (κ3) is 3.46. The summed E-state index contributed by atoms with van der Waals surface area (Å²) >= 11 is 0. The first-order chi connectivity index (χ1) is 7.30. The second kappa shape index (κ2) is 4.80. The topological polar surface area (TPSA) is 86.9 Å². The standard InChI is InChI=1S/C10H19N3O3/c1-10(2,11)9(16)13-5-3-12(4-6-13)7-8(14)15/h3-7,11H2,1-2H3,(H,14,15). The van der Waals surface area contributed by atoms with Crippen molar-refractivity contribution in [3.05, 3.63) is 0 Å². The minimum Gasteiger partial charge on any atom is -0.480 e. The second-order valence-corrected chi connectivity index (χ2v) is 4.68. The summed E-state index contributed by atoms with van der Waals surface area (Å²) in [6, 6.07) is 0. The summed E-state index contributed by atoms with van der Waals surface area (Å²) in [5.41, 5.74) is 4.87. The molecule has 0 bridgehead atoms. The SMILES string of the molecule is CC(C)(N)C(=O)N1CCN(CC(=O)O)CC1. The molecule has 0 atom stereocenters. The van der Waals surface area contributed by atoms with Gasteiger partial charge in [-0.1, -0.05) is 0 Å². The number of carbonyl (C=O) groups excluding carboxylic acids is 1. The van der Waals surface area contributed by atoms with Crippen LogP contribution in [0.2, 0.25) is 0 Å². The normalized spacial score (nSPS) is 18.6. The van der Waals surface area contributed by atoms with E-state index < -0.39 is 11.5 Å². The predicted molar refractivity (Wildman–Crippen MR) is 58.9 cm³/mol. The molecular weight excluding hydrogens is 210 g/mol. The van der Waals surface area contributed by atoms with Crippen molar-refractivity contribution in [1.82, 2.24) is 9.80 Å². The monoisotopic (exact) mass is 229 g/mol. The average Bonchev–Trinajstić information content (AvgIpc) is 2.15. The van der Waals surface area contributed by atoms with Gasteiger partial charge in [-0.25, -0.2) is 0 Å². The van der Waals surface area contributed by atoms with Crippen molar-refractivity contribution >= 4 is 11.9 Å². The molecule has 6 nitrogen and oxygen atoms in total. The van der Waals surface area contributed by atoms with E-state index in [-0.39, 0.29) is 12.5 Å². The van der Waals surface area contributed by atoms with E-state index in [1.165, 1.54) is 0 Å². The summed E-state index contributed by atoms with van der Waals surface area (Å²) in [6.45, 7) is 5.67. The maximum Gasteiger partial charge on any atom is 0.317 e. The summed E-state index contributed by atoms with van der Waals surface area (Å²) in [5, 5.41) is 8.63. The van der Waals surface area contributed by atoms with E-state index in [0.717, 1.165) is 0 Å². The molecule has 1 aliphatic heterocycles. The van der Waals surface area contributed by atoms with Gasteiger partial charge >= 0.3 is 5.97 Å². The van der Waals surface area contributed by atoms with Crippen molar-refractivity contribution in [3.63, 3.8) is 0 Å². The molecule has 1 saturated heterocycles. The number of carbonyl (C=O) groups is 2. The van der Waals surface area contributed by atoms with E-state index in [4.69, 9.17) is 10.8 Å². The number of hydrogen-bond donors (Lipinski definition) is 2. The molecule has 16 heavy (non-hydrogen) atoms. The molecule has 1 rings (SSSR count). The molecule has 0 aliphatic carbocycles. The predicted octanol–water partition coefficient (Wildman–Crippen LogP) is -1.05. The van der Waals surface area contributed by atoms with E-state index >= 15 is 0 Å². The number of nitrogens with zero attached hydrogens (tertiary/aromatic N) is 2. The summed E-state index contributed by atoms with van der Waals surface area (Å²) in [7, 11) is 0. The number of rotatable bonds is 3. The molecule has 0 spiro atoms. The molecule has 92 valence electrons. The van der Waals surface area contributed by atoms with Crippen LogP contribution in [0.25, 0.3) is 0 Å². The Morgan fingerprint density at radius 3 is 2.12 bits per heavy atom. The van der Waals surface area contributed by atoms with Gasteiger partial charge in [-0.3, -0.25) is 14.5 Å². The molecule has 1 fully saturated rings. The fourth-order valence-electron chi connectivity index (χ4n) is 1.71. The molecule has 1 amide bonds. The van der Waals surface area contributed by atoms with Gasteiger partial charge < -0.3 is 15.7 Å². The Morgan fingerprint density at radius 1 is 1.25 bits per heavy atom. The first-order valence-corrected chi connectivity index (χ1v) is 5.33. The van der Waals surface area contributed by atoms with Gasteiger partial charge in [-0.15, -0.1) is 0 Å². The number of piperazine rings is 1. The summed E-state index contributed by atoms with van der Waals surface area (Å²) < 4.78 is 0. The Bertz CT molecular complexity index is 278. The molecule has 0 aromatic rings. The molecule has 0 radical (unpaired) electrons. The van der Waals surface area contributed by atoms with Crippen LogP contribution in [-0.4, -0.2) is 65.0 Å². The molecule has 0 aromatic carbocycles. The Labute approximate surface area is 95.0 Å². The van der Waals surface area contributed by atoms with Gasteiger partial charge in [-0.2, -0.15) is 0 Å². The molecule has 0 unspecified atom stereocenters. The third-order valence-corrected chi connectivity index (χ3v) is 2.57. The number of carboxylic acids is 1. The maximum atomic E-state index is 11.8. The molecule has 1 heterocycles. The number of aliphatic carboxylic acids is 1. The quantitative estimate of drug-likeness (QED) is 0.645. The minimum atomic E-state index is -0.852. The molecule has 6 heteroatoms. The fraction of sp³-hybridized carbons (Fsp3) is 0.800. The van der Waals surface area contributed by atoms with Crippen LogP contribution < -0.4 is 5.73 Å². The van der Waals surface area contributed by atoms with Crippen LogP contribution in [-0.2, 0) is 9.59 Å². The largest absolute Gasteiger partial charge is 0.480 e. The van der Waals surface area contributed by atoms with Gasteiger partial charge in [0.05, 0.1) is 12.1 Å². The lowest BCUT2D eigenvalue weighted by Gasteiger charge is -2.36. The van der Waals surface area contributed by atoms with E-state index in [1.807, 2.05) is 4.90 Å². The summed E-state index contributed by atoms with van der Waals surface area (Å²) in [4.78, 5) is 25.8. The highest BCUT2D eigenvalue weighted by molar-refractivity contribution is 5.85. The fourth-order valence-corrected chi connectivity index (χ4v) is 1.71. The molecule has 3 N–H and O–H groups in total. The molecule has 0 aromatic heterocycles.